The highest BCUT2D eigenvalue weighted by Gasteiger charge is 2.35. The summed E-state index contributed by atoms with van der Waals surface area (Å²) in [7, 11) is -1.37. The number of aromatic nitrogens is 2. The standard InChI is InChI=1S/C22H18F4N4O4S/c1-33-18-10-13(23)6-7-17(18)34-21-16(12-19(29-30-21)22(24,25)26)20(31)28-14-4-2-5-15(11-14)35(32)9-3-8-27-35/h2,4-7,10-12H,3,8-9H2,1H3,(H,28,31). The Morgan fingerprint density at radius 3 is 2.57 bits per heavy atom. The first-order valence-corrected chi connectivity index (χ1v) is 11.9. The fraction of sp³-hybridized carbons (Fsp3) is 0.227. The van der Waals surface area contributed by atoms with E-state index in [0.717, 1.165) is 12.1 Å². The minimum absolute atomic E-state index is 0.0743. The average molecular weight is 510 g/mol. The third kappa shape index (κ3) is 5.34. The van der Waals surface area contributed by atoms with Crippen LogP contribution in [0.2, 0.25) is 0 Å². The highest BCUT2D eigenvalue weighted by Crippen LogP contribution is 2.35. The van der Waals surface area contributed by atoms with Crippen LogP contribution in [0.3, 0.4) is 0 Å². The van der Waals surface area contributed by atoms with E-state index in [1.54, 1.807) is 12.1 Å². The van der Waals surface area contributed by atoms with Gasteiger partial charge in [0.15, 0.2) is 17.2 Å². The van der Waals surface area contributed by atoms with Gasteiger partial charge in [-0.25, -0.2) is 13.0 Å². The van der Waals surface area contributed by atoms with E-state index in [-0.39, 0.29) is 17.2 Å². The number of anilines is 1. The molecule has 1 atom stereocenters. The number of methoxy groups -OCH3 is 1. The van der Waals surface area contributed by atoms with Gasteiger partial charge in [-0.15, -0.1) is 10.2 Å². The second-order valence-electron chi connectivity index (χ2n) is 7.38. The van der Waals surface area contributed by atoms with Crippen molar-refractivity contribution in [2.24, 2.45) is 4.36 Å². The largest absolute Gasteiger partial charge is 0.493 e. The summed E-state index contributed by atoms with van der Waals surface area (Å²) < 4.78 is 80.9. The molecular weight excluding hydrogens is 492 g/mol. The van der Waals surface area contributed by atoms with Crippen LogP contribution in [0.5, 0.6) is 17.4 Å². The van der Waals surface area contributed by atoms with Crippen molar-refractivity contribution in [2.75, 3.05) is 24.7 Å². The number of nitrogens with one attached hydrogen (secondary N) is 1. The highest BCUT2D eigenvalue weighted by molar-refractivity contribution is 7.93. The molecule has 0 saturated heterocycles. The Morgan fingerprint density at radius 2 is 1.89 bits per heavy atom. The van der Waals surface area contributed by atoms with Gasteiger partial charge < -0.3 is 14.8 Å². The van der Waals surface area contributed by atoms with E-state index in [1.165, 1.54) is 25.3 Å². The van der Waals surface area contributed by atoms with Crippen molar-refractivity contribution < 1.29 is 36.0 Å². The molecule has 1 aromatic heterocycles. The Bertz CT molecular complexity index is 1400. The molecule has 4 rings (SSSR count). The van der Waals surface area contributed by atoms with E-state index in [2.05, 4.69) is 19.9 Å². The van der Waals surface area contributed by atoms with Gasteiger partial charge in [-0.3, -0.25) is 4.79 Å². The number of halogens is 4. The van der Waals surface area contributed by atoms with Crippen LogP contribution in [0.25, 0.3) is 0 Å². The zero-order valence-electron chi connectivity index (χ0n) is 18.1. The summed E-state index contributed by atoms with van der Waals surface area (Å²) in [4.78, 5) is 13.4. The predicted molar refractivity (Wildman–Crippen MR) is 118 cm³/mol. The Hall–Kier alpha value is -3.74. The molecule has 1 aliphatic heterocycles. The van der Waals surface area contributed by atoms with E-state index >= 15 is 0 Å². The van der Waals surface area contributed by atoms with Crippen molar-refractivity contribution in [3.05, 3.63) is 65.6 Å². The molecule has 0 spiro atoms. The van der Waals surface area contributed by atoms with Gasteiger partial charge in [0, 0.05) is 28.9 Å². The molecule has 0 saturated carbocycles. The van der Waals surface area contributed by atoms with Gasteiger partial charge in [0.1, 0.15) is 11.4 Å². The van der Waals surface area contributed by atoms with Crippen LogP contribution in [-0.4, -0.2) is 39.7 Å². The molecule has 2 heterocycles. The lowest BCUT2D eigenvalue weighted by molar-refractivity contribution is -0.141. The van der Waals surface area contributed by atoms with Gasteiger partial charge in [-0.1, -0.05) is 6.07 Å². The van der Waals surface area contributed by atoms with Gasteiger partial charge >= 0.3 is 6.18 Å². The molecule has 1 aliphatic rings. The molecular formula is C22H18F4N4O4S. The zero-order chi connectivity index (χ0) is 25.2. The molecule has 3 aromatic rings. The third-order valence-electron chi connectivity index (χ3n) is 4.97. The number of nitrogens with zero attached hydrogens (tertiary/aromatic N) is 3. The number of benzene rings is 2. The van der Waals surface area contributed by atoms with Crippen LogP contribution in [0.15, 0.2) is 57.8 Å². The van der Waals surface area contributed by atoms with Crippen LogP contribution < -0.4 is 14.8 Å². The number of carbonyl (C=O) groups excluding carboxylic acids is 1. The van der Waals surface area contributed by atoms with Crippen molar-refractivity contribution >= 4 is 21.3 Å². The van der Waals surface area contributed by atoms with E-state index in [0.29, 0.717) is 29.7 Å². The SMILES string of the molecule is COc1cc(F)ccc1Oc1nnc(C(F)(F)F)cc1C(=O)Nc1cccc(S2(=O)=NCCC2)c1. The smallest absolute Gasteiger partial charge is 0.435 e. The quantitative estimate of drug-likeness (QED) is 0.473. The molecule has 1 amide bonds. The van der Waals surface area contributed by atoms with Crippen LogP contribution in [0.1, 0.15) is 22.5 Å². The molecule has 184 valence electrons. The molecule has 0 bridgehead atoms. The molecule has 35 heavy (non-hydrogen) atoms. The second-order valence-corrected chi connectivity index (χ2v) is 9.79. The van der Waals surface area contributed by atoms with Gasteiger partial charge in [0.25, 0.3) is 11.8 Å². The summed E-state index contributed by atoms with van der Waals surface area (Å²) in [5, 5.41) is 9.00. The summed E-state index contributed by atoms with van der Waals surface area (Å²) >= 11 is 0. The Balaban J connectivity index is 1.70. The van der Waals surface area contributed by atoms with Crippen LogP contribution in [-0.2, 0) is 15.9 Å². The number of rotatable bonds is 6. The molecule has 0 aliphatic carbocycles. The molecule has 2 aromatic carbocycles. The number of amides is 1. The van der Waals surface area contributed by atoms with Gasteiger partial charge in [-0.05, 0) is 42.8 Å². The lowest BCUT2D eigenvalue weighted by atomic mass is 10.2. The molecule has 13 heteroatoms. The normalized spacial score (nSPS) is 17.5. The predicted octanol–water partition coefficient (Wildman–Crippen LogP) is 4.92. The number of alkyl halides is 3. The number of hydrogen-bond donors (Lipinski definition) is 1. The first-order valence-electron chi connectivity index (χ1n) is 10.2. The highest BCUT2D eigenvalue weighted by atomic mass is 32.2. The third-order valence-corrected chi connectivity index (χ3v) is 7.40. The van der Waals surface area contributed by atoms with E-state index < -0.39 is 44.8 Å². The summed E-state index contributed by atoms with van der Waals surface area (Å²) in [5.41, 5.74) is -1.81. The Labute approximate surface area is 197 Å². The van der Waals surface area contributed by atoms with E-state index in [9.17, 15) is 26.6 Å². The lowest BCUT2D eigenvalue weighted by Gasteiger charge is -2.14. The topological polar surface area (TPSA) is 103 Å². The summed E-state index contributed by atoms with van der Waals surface area (Å²) in [5.74, 6) is -1.98. The van der Waals surface area contributed by atoms with Crippen LogP contribution in [0.4, 0.5) is 23.2 Å². The second kappa shape index (κ2) is 9.49. The maximum atomic E-state index is 13.5. The van der Waals surface area contributed by atoms with Crippen molar-refractivity contribution in [1.82, 2.24) is 10.2 Å². The van der Waals surface area contributed by atoms with Crippen LogP contribution >= 0.6 is 0 Å². The fourth-order valence-corrected chi connectivity index (χ4v) is 5.35. The monoisotopic (exact) mass is 510 g/mol. The number of carbonyl (C=O) groups is 1. The molecule has 8 nitrogen and oxygen atoms in total. The van der Waals surface area contributed by atoms with Crippen molar-refractivity contribution in [3.63, 3.8) is 0 Å². The minimum atomic E-state index is -4.88. The first kappa shape index (κ1) is 24.4. The van der Waals surface area contributed by atoms with Gasteiger partial charge in [0.05, 0.1) is 16.8 Å². The Morgan fingerprint density at radius 1 is 1.09 bits per heavy atom. The van der Waals surface area contributed by atoms with Crippen molar-refractivity contribution in [1.29, 1.82) is 0 Å². The number of ether oxygens (including phenoxy) is 2. The van der Waals surface area contributed by atoms with Gasteiger partial charge in [0.2, 0.25) is 0 Å². The molecule has 1 unspecified atom stereocenters. The van der Waals surface area contributed by atoms with E-state index in [1.807, 2.05) is 0 Å². The molecule has 1 N–H and O–H groups in total. The summed E-state index contributed by atoms with van der Waals surface area (Å²) in [6.45, 7) is 0.464. The lowest BCUT2D eigenvalue weighted by Crippen LogP contribution is -2.18. The number of hydrogen-bond acceptors (Lipinski definition) is 7. The first-order chi connectivity index (χ1) is 16.6. The van der Waals surface area contributed by atoms with Crippen LogP contribution in [0, 0.1) is 5.82 Å². The minimum Gasteiger partial charge on any atom is -0.493 e. The Kier molecular flexibility index (Phi) is 6.61. The fourth-order valence-electron chi connectivity index (χ4n) is 3.29. The van der Waals surface area contributed by atoms with Crippen molar-refractivity contribution in [2.45, 2.75) is 17.5 Å². The average Bonchev–Trinajstić information content (AvgIpc) is 3.27. The molecule has 0 radical (unpaired) electrons. The maximum absolute atomic E-state index is 13.5. The van der Waals surface area contributed by atoms with Gasteiger partial charge in [-0.2, -0.15) is 13.2 Å². The molecule has 0 fully saturated rings. The summed E-state index contributed by atoms with van der Waals surface area (Å²) in [6.07, 6.45) is -4.21. The summed E-state index contributed by atoms with van der Waals surface area (Å²) in [6, 6.07) is 9.80. The van der Waals surface area contributed by atoms with E-state index in [4.69, 9.17) is 9.47 Å². The maximum Gasteiger partial charge on any atom is 0.435 e. The van der Waals surface area contributed by atoms with Crippen molar-refractivity contribution in [3.8, 4) is 17.4 Å². The zero-order valence-corrected chi connectivity index (χ0v) is 19.0.